The fourth-order valence-corrected chi connectivity index (χ4v) is 1.66. The van der Waals surface area contributed by atoms with Crippen LogP contribution in [0.4, 0.5) is 0 Å². The molecule has 0 aliphatic heterocycles. The van der Waals surface area contributed by atoms with E-state index in [0.717, 1.165) is 6.42 Å². The van der Waals surface area contributed by atoms with Crippen molar-refractivity contribution in [2.24, 2.45) is 0 Å². The van der Waals surface area contributed by atoms with Crippen LogP contribution in [-0.2, 0) is 0 Å². The molecular formula is C13H30Al. The second-order valence-electron chi connectivity index (χ2n) is 4.04. The second-order valence-corrected chi connectivity index (χ2v) is 4.04. The van der Waals surface area contributed by atoms with Crippen LogP contribution >= 0.6 is 0 Å². The minimum Gasteiger partial charge on any atom is -0.0654 e. The zero-order chi connectivity index (χ0) is 9.78. The fraction of sp³-hybridized carbons (Fsp3) is 0.923. The van der Waals surface area contributed by atoms with Gasteiger partial charge in [0.05, 0.1) is 0 Å². The predicted molar refractivity (Wildman–Crippen MR) is 71.8 cm³/mol. The highest BCUT2D eigenvalue weighted by Crippen LogP contribution is 2.10. The van der Waals surface area contributed by atoms with Gasteiger partial charge in [-0.05, 0) is 0 Å². The van der Waals surface area contributed by atoms with Crippen molar-refractivity contribution in [2.75, 3.05) is 0 Å². The zero-order valence-corrected chi connectivity index (χ0v) is 9.49. The lowest BCUT2D eigenvalue weighted by Crippen LogP contribution is -1.81. The number of hydrogen-bond acceptors (Lipinski definition) is 0. The molecule has 0 aliphatic carbocycles. The smallest absolute Gasteiger partial charge is 0.0654 e. The van der Waals surface area contributed by atoms with Gasteiger partial charge in [-0.15, -0.1) is 0 Å². The van der Waals surface area contributed by atoms with Gasteiger partial charge in [-0.1, -0.05) is 84.5 Å². The summed E-state index contributed by atoms with van der Waals surface area (Å²) in [6.07, 6.45) is 15.4. The quantitative estimate of drug-likeness (QED) is 0.381. The fourth-order valence-electron chi connectivity index (χ4n) is 1.66. The minimum absolute atomic E-state index is 0. The summed E-state index contributed by atoms with van der Waals surface area (Å²) in [6.45, 7) is 6.13. The molecule has 0 saturated heterocycles. The van der Waals surface area contributed by atoms with E-state index in [1.54, 1.807) is 0 Å². The first kappa shape index (κ1) is 16.9. The van der Waals surface area contributed by atoms with Crippen LogP contribution in [0.1, 0.15) is 77.6 Å². The summed E-state index contributed by atoms with van der Waals surface area (Å²) in [5.74, 6) is 0. The summed E-state index contributed by atoms with van der Waals surface area (Å²) >= 11 is 0. The third kappa shape index (κ3) is 15.0. The Hall–Kier alpha value is 0.532. The number of unbranched alkanes of at least 4 members (excludes halogenated alkanes) is 10. The van der Waals surface area contributed by atoms with E-state index in [1.165, 1.54) is 64.2 Å². The molecule has 0 unspecified atom stereocenters. The van der Waals surface area contributed by atoms with Gasteiger partial charge in [-0.2, -0.15) is 0 Å². The molecule has 0 N–H and O–H groups in total. The van der Waals surface area contributed by atoms with Gasteiger partial charge in [0.2, 0.25) is 0 Å². The van der Waals surface area contributed by atoms with Gasteiger partial charge in [0, 0.05) is 0 Å². The van der Waals surface area contributed by atoms with E-state index in [9.17, 15) is 0 Å². The summed E-state index contributed by atoms with van der Waals surface area (Å²) in [4.78, 5) is 0. The van der Waals surface area contributed by atoms with Gasteiger partial charge in [-0.25, -0.2) is 0 Å². The van der Waals surface area contributed by atoms with Crippen LogP contribution < -0.4 is 0 Å². The standard InChI is InChI=1S/C13H27.Al.3H/c1-3-5-7-9-11-13-12-10-8-6-4-2;;;;/h1,3-13H2,2H3;;;;. The Balaban J connectivity index is 0. The molecule has 0 saturated carbocycles. The van der Waals surface area contributed by atoms with Gasteiger partial charge in [-0.3, -0.25) is 0 Å². The molecule has 0 aromatic carbocycles. The largest absolute Gasteiger partial charge is 0.187 e. The third-order valence-corrected chi connectivity index (χ3v) is 2.60. The predicted octanol–water partition coefficient (Wildman–Crippen LogP) is 3.95. The van der Waals surface area contributed by atoms with Crippen LogP contribution in [0.25, 0.3) is 0 Å². The van der Waals surface area contributed by atoms with Gasteiger partial charge in [0.1, 0.15) is 0 Å². The molecule has 0 bridgehead atoms. The summed E-state index contributed by atoms with van der Waals surface area (Å²) in [6, 6.07) is 0. The van der Waals surface area contributed by atoms with E-state index >= 15 is 0 Å². The minimum atomic E-state index is 0. The van der Waals surface area contributed by atoms with Crippen LogP contribution in [0.15, 0.2) is 0 Å². The first-order valence-electron chi connectivity index (χ1n) is 6.21. The van der Waals surface area contributed by atoms with Crippen LogP contribution in [0.3, 0.4) is 0 Å². The first-order chi connectivity index (χ1) is 6.41. The van der Waals surface area contributed by atoms with Crippen molar-refractivity contribution in [3.05, 3.63) is 6.92 Å². The highest BCUT2D eigenvalue weighted by atomic mass is 27.0. The Morgan fingerprint density at radius 2 is 1.00 bits per heavy atom. The Kier molecular flexibility index (Phi) is 19.3. The molecule has 0 nitrogen and oxygen atoms in total. The Morgan fingerprint density at radius 3 is 1.36 bits per heavy atom. The van der Waals surface area contributed by atoms with Crippen molar-refractivity contribution in [1.29, 1.82) is 0 Å². The lowest BCUT2D eigenvalue weighted by atomic mass is 10.1. The SMILES string of the molecule is [AlH3].[CH2]CCCCCCCCCCCC. The molecule has 0 aliphatic rings. The van der Waals surface area contributed by atoms with E-state index in [2.05, 4.69) is 13.8 Å². The molecule has 0 aromatic heterocycles. The van der Waals surface area contributed by atoms with Crippen molar-refractivity contribution in [1.82, 2.24) is 0 Å². The Bertz CT molecular complexity index is 71.3. The maximum absolute atomic E-state index is 3.85. The van der Waals surface area contributed by atoms with Gasteiger partial charge >= 0.3 is 0 Å². The molecule has 0 fully saturated rings. The van der Waals surface area contributed by atoms with Crippen molar-refractivity contribution in [3.8, 4) is 0 Å². The topological polar surface area (TPSA) is 0 Å². The summed E-state index contributed by atoms with van der Waals surface area (Å²) in [7, 11) is 0. The molecular weight excluding hydrogens is 183 g/mol. The molecule has 0 spiro atoms. The highest BCUT2D eigenvalue weighted by molar-refractivity contribution is 5.75. The maximum atomic E-state index is 3.85. The van der Waals surface area contributed by atoms with Crippen molar-refractivity contribution >= 4 is 17.4 Å². The molecule has 0 atom stereocenters. The van der Waals surface area contributed by atoms with Crippen molar-refractivity contribution < 1.29 is 0 Å². The van der Waals surface area contributed by atoms with Gasteiger partial charge in [0.25, 0.3) is 0 Å². The molecule has 0 aromatic rings. The van der Waals surface area contributed by atoms with E-state index in [1.807, 2.05) is 0 Å². The summed E-state index contributed by atoms with van der Waals surface area (Å²) in [5, 5.41) is 0. The summed E-state index contributed by atoms with van der Waals surface area (Å²) in [5.41, 5.74) is 0. The van der Waals surface area contributed by atoms with E-state index in [0.29, 0.717) is 0 Å². The lowest BCUT2D eigenvalue weighted by Gasteiger charge is -2.00. The number of hydrogen-bond donors (Lipinski definition) is 0. The normalized spacial score (nSPS) is 9.86. The molecule has 0 rings (SSSR count). The van der Waals surface area contributed by atoms with E-state index in [4.69, 9.17) is 0 Å². The Labute approximate surface area is 102 Å². The molecule has 0 heterocycles. The van der Waals surface area contributed by atoms with Gasteiger partial charge in [0.15, 0.2) is 17.4 Å². The van der Waals surface area contributed by atoms with Crippen LogP contribution in [0.5, 0.6) is 0 Å². The van der Waals surface area contributed by atoms with Crippen molar-refractivity contribution in [3.63, 3.8) is 0 Å². The third-order valence-electron chi connectivity index (χ3n) is 2.60. The monoisotopic (exact) mass is 213 g/mol. The highest BCUT2D eigenvalue weighted by Gasteiger charge is 1.90. The van der Waals surface area contributed by atoms with Crippen molar-refractivity contribution in [2.45, 2.75) is 77.6 Å². The summed E-state index contributed by atoms with van der Waals surface area (Å²) < 4.78 is 0. The number of rotatable bonds is 10. The Morgan fingerprint density at radius 1 is 0.643 bits per heavy atom. The van der Waals surface area contributed by atoms with E-state index in [-0.39, 0.29) is 17.4 Å². The molecule has 1 heteroatoms. The molecule has 1 radical (unpaired) electrons. The molecule has 0 amide bonds. The maximum Gasteiger partial charge on any atom is 0.187 e. The first-order valence-corrected chi connectivity index (χ1v) is 6.21. The molecule has 14 heavy (non-hydrogen) atoms. The second kappa shape index (κ2) is 16.0. The van der Waals surface area contributed by atoms with E-state index < -0.39 is 0 Å². The zero-order valence-electron chi connectivity index (χ0n) is 9.49. The van der Waals surface area contributed by atoms with Crippen LogP contribution in [0.2, 0.25) is 0 Å². The average Bonchev–Trinajstić information content (AvgIpc) is 2.16. The molecule has 85 valence electrons. The van der Waals surface area contributed by atoms with Crippen LogP contribution in [0, 0.1) is 6.92 Å². The lowest BCUT2D eigenvalue weighted by molar-refractivity contribution is 0.557. The van der Waals surface area contributed by atoms with Crippen LogP contribution in [-0.4, -0.2) is 17.4 Å². The average molecular weight is 213 g/mol. The van der Waals surface area contributed by atoms with Gasteiger partial charge < -0.3 is 0 Å².